The average molecular weight is 349 g/mol. The maximum absolute atomic E-state index is 12.0. The third-order valence-electron chi connectivity index (χ3n) is 2.83. The van der Waals surface area contributed by atoms with Crippen molar-refractivity contribution in [3.8, 4) is 0 Å². The van der Waals surface area contributed by atoms with Gasteiger partial charge in [0.15, 0.2) is 0 Å². The Labute approximate surface area is 133 Å². The Morgan fingerprint density at radius 3 is 2.81 bits per heavy atom. The van der Waals surface area contributed by atoms with Crippen molar-refractivity contribution >= 4 is 33.0 Å². The number of thiophene rings is 1. The fourth-order valence-corrected chi connectivity index (χ4v) is 3.95. The molecular formula is C12H17ClN4O2S2. The Bertz CT molecular complexity index is 696. The fraction of sp³-hybridized carbons (Fsp3) is 0.417. The molecule has 116 valence electrons. The van der Waals surface area contributed by atoms with Gasteiger partial charge in [-0.15, -0.1) is 11.3 Å². The molecule has 0 spiro atoms. The van der Waals surface area contributed by atoms with E-state index in [-0.39, 0.29) is 4.90 Å². The van der Waals surface area contributed by atoms with Crippen LogP contribution >= 0.6 is 22.9 Å². The van der Waals surface area contributed by atoms with Gasteiger partial charge in [-0.25, -0.2) is 13.1 Å². The van der Waals surface area contributed by atoms with Gasteiger partial charge in [0.2, 0.25) is 10.0 Å². The molecule has 9 heteroatoms. The standard InChI is InChI=1S/C12H17ClN4O2S2/c1-16(8-10-3-4-12(13)20-10)6-5-15-21(18,19)11-7-14-17(2)9-11/h3-4,7,9,15H,5-6,8H2,1-2H3. The van der Waals surface area contributed by atoms with E-state index in [1.54, 1.807) is 7.05 Å². The molecule has 6 nitrogen and oxygen atoms in total. The molecule has 0 saturated heterocycles. The quantitative estimate of drug-likeness (QED) is 0.824. The average Bonchev–Trinajstić information content (AvgIpc) is 2.98. The highest BCUT2D eigenvalue weighted by atomic mass is 35.5. The summed E-state index contributed by atoms with van der Waals surface area (Å²) in [4.78, 5) is 3.36. The van der Waals surface area contributed by atoms with Crippen LogP contribution in [0, 0.1) is 0 Å². The molecule has 2 rings (SSSR count). The van der Waals surface area contributed by atoms with Gasteiger partial charge in [0.05, 0.1) is 10.5 Å². The summed E-state index contributed by atoms with van der Waals surface area (Å²) in [6.07, 6.45) is 2.80. The van der Waals surface area contributed by atoms with Gasteiger partial charge in [-0.2, -0.15) is 5.10 Å². The predicted molar refractivity (Wildman–Crippen MR) is 84.1 cm³/mol. The molecule has 0 atom stereocenters. The van der Waals surface area contributed by atoms with Crippen LogP contribution in [0.2, 0.25) is 4.34 Å². The Morgan fingerprint density at radius 1 is 1.48 bits per heavy atom. The lowest BCUT2D eigenvalue weighted by Crippen LogP contribution is -2.32. The molecule has 0 aliphatic carbocycles. The number of aryl methyl sites for hydroxylation is 1. The van der Waals surface area contributed by atoms with Crippen molar-refractivity contribution in [1.82, 2.24) is 19.4 Å². The van der Waals surface area contributed by atoms with Gasteiger partial charge in [-0.05, 0) is 19.2 Å². The van der Waals surface area contributed by atoms with E-state index in [9.17, 15) is 8.42 Å². The van der Waals surface area contributed by atoms with Gasteiger partial charge in [-0.1, -0.05) is 11.6 Å². The molecule has 21 heavy (non-hydrogen) atoms. The number of hydrogen-bond donors (Lipinski definition) is 1. The lowest BCUT2D eigenvalue weighted by molar-refractivity contribution is 0.335. The van der Waals surface area contributed by atoms with Crippen molar-refractivity contribution in [2.45, 2.75) is 11.4 Å². The van der Waals surface area contributed by atoms with Crippen LogP contribution in [-0.2, 0) is 23.6 Å². The molecule has 0 fully saturated rings. The summed E-state index contributed by atoms with van der Waals surface area (Å²) in [6, 6.07) is 3.84. The van der Waals surface area contributed by atoms with Crippen LogP contribution in [0.1, 0.15) is 4.88 Å². The van der Waals surface area contributed by atoms with Crippen LogP contribution in [0.5, 0.6) is 0 Å². The Kier molecular flexibility index (Phi) is 5.39. The number of halogens is 1. The van der Waals surface area contributed by atoms with E-state index in [0.29, 0.717) is 13.1 Å². The first kappa shape index (κ1) is 16.4. The van der Waals surface area contributed by atoms with E-state index >= 15 is 0 Å². The highest BCUT2D eigenvalue weighted by molar-refractivity contribution is 7.89. The second-order valence-corrected chi connectivity index (χ2v) is 8.26. The zero-order valence-electron chi connectivity index (χ0n) is 11.8. The van der Waals surface area contributed by atoms with Crippen molar-refractivity contribution in [2.75, 3.05) is 20.1 Å². The second kappa shape index (κ2) is 6.89. The molecule has 0 radical (unpaired) electrons. The highest BCUT2D eigenvalue weighted by Crippen LogP contribution is 2.22. The lowest BCUT2D eigenvalue weighted by atomic mass is 10.4. The first-order chi connectivity index (χ1) is 9.87. The Hall–Kier alpha value is -0.930. The summed E-state index contributed by atoms with van der Waals surface area (Å²) in [7, 11) is 0.134. The topological polar surface area (TPSA) is 67.2 Å². The molecule has 2 aromatic rings. The van der Waals surface area contributed by atoms with Crippen molar-refractivity contribution in [2.24, 2.45) is 7.05 Å². The third kappa shape index (κ3) is 4.79. The summed E-state index contributed by atoms with van der Waals surface area (Å²) in [5.74, 6) is 0. The van der Waals surface area contributed by atoms with Crippen LogP contribution in [0.15, 0.2) is 29.4 Å². The summed E-state index contributed by atoms with van der Waals surface area (Å²) >= 11 is 7.41. The van der Waals surface area contributed by atoms with Crippen LogP contribution in [0.3, 0.4) is 0 Å². The molecule has 2 aromatic heterocycles. The fourth-order valence-electron chi connectivity index (χ4n) is 1.77. The van der Waals surface area contributed by atoms with Gasteiger partial charge >= 0.3 is 0 Å². The Morgan fingerprint density at radius 2 is 2.24 bits per heavy atom. The minimum absolute atomic E-state index is 0.178. The van der Waals surface area contributed by atoms with Crippen molar-refractivity contribution < 1.29 is 8.42 Å². The van der Waals surface area contributed by atoms with Crippen LogP contribution in [0.4, 0.5) is 0 Å². The normalized spacial score (nSPS) is 12.2. The van der Waals surface area contributed by atoms with Gasteiger partial charge < -0.3 is 0 Å². The second-order valence-electron chi connectivity index (χ2n) is 4.69. The number of nitrogens with zero attached hydrogens (tertiary/aromatic N) is 3. The number of sulfonamides is 1. The van der Waals surface area contributed by atoms with Gasteiger partial charge in [0, 0.05) is 37.8 Å². The predicted octanol–water partition coefficient (Wildman–Crippen LogP) is 1.55. The molecular weight excluding hydrogens is 332 g/mol. The van der Waals surface area contributed by atoms with Crippen LogP contribution in [0.25, 0.3) is 0 Å². The summed E-state index contributed by atoms with van der Waals surface area (Å²) in [6.45, 7) is 1.69. The number of rotatable bonds is 7. The molecule has 0 aliphatic rings. The maximum Gasteiger partial charge on any atom is 0.243 e. The summed E-state index contributed by atoms with van der Waals surface area (Å²) < 4.78 is 28.8. The summed E-state index contributed by atoms with van der Waals surface area (Å²) in [5, 5.41) is 3.86. The monoisotopic (exact) mass is 348 g/mol. The summed E-state index contributed by atoms with van der Waals surface area (Å²) in [5.41, 5.74) is 0. The number of nitrogens with one attached hydrogen (secondary N) is 1. The van der Waals surface area contributed by atoms with Crippen molar-refractivity contribution in [3.05, 3.63) is 33.7 Å². The SMILES string of the molecule is CN(CCNS(=O)(=O)c1cnn(C)c1)Cc1ccc(Cl)s1. The van der Waals surface area contributed by atoms with Gasteiger partial charge in [0.25, 0.3) is 0 Å². The molecule has 0 saturated carbocycles. The molecule has 0 unspecified atom stereocenters. The molecule has 2 heterocycles. The number of aromatic nitrogens is 2. The van der Waals surface area contributed by atoms with E-state index in [2.05, 4.69) is 9.82 Å². The lowest BCUT2D eigenvalue weighted by Gasteiger charge is -2.15. The van der Waals surface area contributed by atoms with Crippen LogP contribution < -0.4 is 4.72 Å². The first-order valence-electron chi connectivity index (χ1n) is 6.28. The van der Waals surface area contributed by atoms with E-state index in [1.165, 1.54) is 28.4 Å². The molecule has 0 bridgehead atoms. The minimum Gasteiger partial charge on any atom is -0.300 e. The molecule has 0 aliphatic heterocycles. The van der Waals surface area contributed by atoms with Crippen LogP contribution in [-0.4, -0.2) is 43.2 Å². The largest absolute Gasteiger partial charge is 0.300 e. The van der Waals surface area contributed by atoms with Gasteiger partial charge in [-0.3, -0.25) is 9.58 Å². The van der Waals surface area contributed by atoms with E-state index < -0.39 is 10.0 Å². The molecule has 0 aromatic carbocycles. The van der Waals surface area contributed by atoms with E-state index in [4.69, 9.17) is 11.6 Å². The number of hydrogen-bond acceptors (Lipinski definition) is 5. The highest BCUT2D eigenvalue weighted by Gasteiger charge is 2.15. The maximum atomic E-state index is 12.0. The van der Waals surface area contributed by atoms with Gasteiger partial charge in [0.1, 0.15) is 4.90 Å². The molecule has 0 amide bonds. The smallest absolute Gasteiger partial charge is 0.243 e. The van der Waals surface area contributed by atoms with E-state index in [0.717, 1.165) is 15.8 Å². The third-order valence-corrected chi connectivity index (χ3v) is 5.46. The minimum atomic E-state index is -3.48. The zero-order valence-corrected chi connectivity index (χ0v) is 14.2. The van der Waals surface area contributed by atoms with Crippen molar-refractivity contribution in [1.29, 1.82) is 0 Å². The number of likely N-dealkylation sites (N-methyl/N-ethyl adjacent to an activating group) is 1. The Balaban J connectivity index is 1.81. The first-order valence-corrected chi connectivity index (χ1v) is 8.95. The van der Waals surface area contributed by atoms with Crippen molar-refractivity contribution in [3.63, 3.8) is 0 Å². The van der Waals surface area contributed by atoms with E-state index in [1.807, 2.05) is 24.1 Å². The molecule has 1 N–H and O–H groups in total. The zero-order chi connectivity index (χ0) is 15.5.